The van der Waals surface area contributed by atoms with E-state index in [2.05, 4.69) is 32.6 Å². The number of rotatable bonds is 3. The van der Waals surface area contributed by atoms with Crippen LogP contribution in [0.2, 0.25) is 0 Å². The Morgan fingerprint density at radius 1 is 1.10 bits per heavy atom. The third-order valence-corrected chi connectivity index (χ3v) is 4.54. The van der Waals surface area contributed by atoms with Gasteiger partial charge in [0.2, 0.25) is 0 Å². The van der Waals surface area contributed by atoms with Crippen LogP contribution in [0.4, 0.5) is 5.69 Å². The molecule has 4 nitrogen and oxygen atoms in total. The first kappa shape index (κ1) is 14.6. The molecule has 0 saturated carbocycles. The minimum atomic E-state index is -0.0309. The van der Waals surface area contributed by atoms with E-state index in [1.54, 1.807) is 6.07 Å². The zero-order valence-electron chi connectivity index (χ0n) is 11.8. The number of piperidine rings is 1. The predicted molar refractivity (Wildman–Crippen MR) is 92.8 cm³/mol. The first-order chi connectivity index (χ1) is 10.2. The summed E-state index contributed by atoms with van der Waals surface area (Å²) in [5, 5.41) is 4.33. The van der Waals surface area contributed by atoms with Gasteiger partial charge in [0.1, 0.15) is 0 Å². The van der Waals surface area contributed by atoms with Crippen LogP contribution in [0.3, 0.4) is 0 Å². The molecule has 110 valence electrons. The van der Waals surface area contributed by atoms with Crippen LogP contribution in [-0.4, -0.2) is 22.9 Å². The largest absolute Gasteiger partial charge is 0.370 e. The summed E-state index contributed by atoms with van der Waals surface area (Å²) in [5.74, 6) is 0. The third kappa shape index (κ3) is 3.64. The van der Waals surface area contributed by atoms with Crippen LogP contribution in [0.5, 0.6) is 0 Å². The molecule has 0 unspecified atom stereocenters. The molecule has 0 bridgehead atoms. The maximum absolute atomic E-state index is 12.2. The van der Waals surface area contributed by atoms with E-state index < -0.39 is 0 Å². The molecule has 5 heteroatoms. The molecule has 2 aromatic rings. The normalized spacial score (nSPS) is 15.2. The first-order valence-electron chi connectivity index (χ1n) is 7.29. The molecular weight excluding hydrogens is 377 g/mol. The molecule has 1 saturated heterocycles. The van der Waals surface area contributed by atoms with Gasteiger partial charge in [0, 0.05) is 22.7 Å². The van der Waals surface area contributed by atoms with Crippen molar-refractivity contribution in [2.24, 2.45) is 0 Å². The zero-order chi connectivity index (χ0) is 14.7. The van der Waals surface area contributed by atoms with Gasteiger partial charge >= 0.3 is 0 Å². The lowest BCUT2D eigenvalue weighted by atomic mass is 10.1. The van der Waals surface area contributed by atoms with Crippen LogP contribution in [0.25, 0.3) is 0 Å². The van der Waals surface area contributed by atoms with Crippen molar-refractivity contribution in [3.8, 4) is 0 Å². The Balaban J connectivity index is 1.77. The second-order valence-electron chi connectivity index (χ2n) is 5.38. The topological polar surface area (TPSA) is 38.1 Å². The van der Waals surface area contributed by atoms with Crippen molar-refractivity contribution in [2.75, 3.05) is 18.0 Å². The Morgan fingerprint density at radius 3 is 2.48 bits per heavy atom. The Morgan fingerprint density at radius 2 is 1.81 bits per heavy atom. The van der Waals surface area contributed by atoms with E-state index in [9.17, 15) is 4.79 Å². The molecule has 1 aliphatic heterocycles. The van der Waals surface area contributed by atoms with Gasteiger partial charge in [-0.2, -0.15) is 5.10 Å². The number of hydrogen-bond acceptors (Lipinski definition) is 3. The van der Waals surface area contributed by atoms with E-state index >= 15 is 0 Å². The van der Waals surface area contributed by atoms with Crippen molar-refractivity contribution in [3.05, 3.63) is 56.0 Å². The van der Waals surface area contributed by atoms with Crippen LogP contribution in [0.15, 0.2) is 41.3 Å². The molecule has 1 aromatic heterocycles. The van der Waals surface area contributed by atoms with Crippen LogP contribution in [0, 0.1) is 3.57 Å². The number of hydrogen-bond donors (Lipinski definition) is 0. The summed E-state index contributed by atoms with van der Waals surface area (Å²) in [6.45, 7) is 2.58. The molecule has 1 aromatic carbocycles. The van der Waals surface area contributed by atoms with Gasteiger partial charge in [-0.15, -0.1) is 0 Å². The molecule has 0 aliphatic carbocycles. The lowest BCUT2D eigenvalue weighted by molar-refractivity contribution is 0.571. The average Bonchev–Trinajstić information content (AvgIpc) is 2.52. The van der Waals surface area contributed by atoms with Gasteiger partial charge < -0.3 is 4.90 Å². The highest BCUT2D eigenvalue weighted by molar-refractivity contribution is 14.1. The van der Waals surface area contributed by atoms with Crippen LogP contribution in [-0.2, 0) is 6.54 Å². The molecule has 1 aliphatic rings. The van der Waals surface area contributed by atoms with Gasteiger partial charge in [-0.25, -0.2) is 4.68 Å². The molecular formula is C16H18IN3O. The molecule has 21 heavy (non-hydrogen) atoms. The summed E-state index contributed by atoms with van der Waals surface area (Å²) in [4.78, 5) is 14.5. The summed E-state index contributed by atoms with van der Waals surface area (Å²) in [5.41, 5.74) is 2.02. The van der Waals surface area contributed by atoms with Crippen LogP contribution < -0.4 is 10.5 Å². The molecule has 2 heterocycles. The van der Waals surface area contributed by atoms with Crippen molar-refractivity contribution in [2.45, 2.75) is 25.8 Å². The van der Waals surface area contributed by atoms with Gasteiger partial charge in [0.15, 0.2) is 0 Å². The Hall–Kier alpha value is -1.37. The molecule has 0 N–H and O–H groups in total. The maximum Gasteiger partial charge on any atom is 0.269 e. The molecule has 1 fully saturated rings. The van der Waals surface area contributed by atoms with E-state index in [4.69, 9.17) is 0 Å². The fraction of sp³-hybridized carbons (Fsp3) is 0.375. The molecule has 3 rings (SSSR count). The first-order valence-corrected chi connectivity index (χ1v) is 8.37. The standard InChI is InChI=1S/C16H18IN3O/c17-14-6-4-13(5-7-14)12-20-16(21)10-15(11-18-20)19-8-2-1-3-9-19/h4-7,10-11H,1-3,8-9,12H2. The minimum absolute atomic E-state index is 0.0309. The van der Waals surface area contributed by atoms with Crippen LogP contribution >= 0.6 is 22.6 Å². The fourth-order valence-electron chi connectivity index (χ4n) is 2.63. The Bertz CT molecular complexity index is 660. The zero-order valence-corrected chi connectivity index (χ0v) is 14.0. The summed E-state index contributed by atoms with van der Waals surface area (Å²) >= 11 is 2.27. The van der Waals surface area contributed by atoms with Gasteiger partial charge in [-0.3, -0.25) is 4.79 Å². The molecule has 0 atom stereocenters. The number of aromatic nitrogens is 2. The van der Waals surface area contributed by atoms with Crippen molar-refractivity contribution in [1.82, 2.24) is 9.78 Å². The highest BCUT2D eigenvalue weighted by Gasteiger charge is 2.12. The van der Waals surface area contributed by atoms with Crippen molar-refractivity contribution >= 4 is 28.3 Å². The van der Waals surface area contributed by atoms with Crippen molar-refractivity contribution in [3.63, 3.8) is 0 Å². The van der Waals surface area contributed by atoms with Gasteiger partial charge in [-0.1, -0.05) is 12.1 Å². The summed E-state index contributed by atoms with van der Waals surface area (Å²) in [7, 11) is 0. The van der Waals surface area contributed by atoms with Crippen LogP contribution in [0.1, 0.15) is 24.8 Å². The number of benzene rings is 1. The van der Waals surface area contributed by atoms with E-state index in [0.717, 1.165) is 24.3 Å². The maximum atomic E-state index is 12.2. The van der Waals surface area contributed by atoms with Gasteiger partial charge in [0.25, 0.3) is 5.56 Å². The minimum Gasteiger partial charge on any atom is -0.370 e. The predicted octanol–water partition coefficient (Wildman–Crippen LogP) is 2.89. The van der Waals surface area contributed by atoms with E-state index in [1.165, 1.54) is 27.5 Å². The lowest BCUT2D eigenvalue weighted by Crippen LogP contribution is -2.32. The van der Waals surface area contributed by atoms with Gasteiger partial charge in [0.05, 0.1) is 18.4 Å². The highest BCUT2D eigenvalue weighted by Crippen LogP contribution is 2.17. The molecule has 0 radical (unpaired) electrons. The fourth-order valence-corrected chi connectivity index (χ4v) is 2.99. The second kappa shape index (κ2) is 6.60. The lowest BCUT2D eigenvalue weighted by Gasteiger charge is -2.28. The SMILES string of the molecule is O=c1cc(N2CCCCC2)cnn1Cc1ccc(I)cc1. The van der Waals surface area contributed by atoms with Crippen molar-refractivity contribution in [1.29, 1.82) is 0 Å². The smallest absolute Gasteiger partial charge is 0.269 e. The second-order valence-corrected chi connectivity index (χ2v) is 6.63. The third-order valence-electron chi connectivity index (χ3n) is 3.82. The number of anilines is 1. The van der Waals surface area contributed by atoms with E-state index in [-0.39, 0.29) is 5.56 Å². The molecule has 0 spiro atoms. The average molecular weight is 395 g/mol. The van der Waals surface area contributed by atoms with E-state index in [1.807, 2.05) is 30.5 Å². The van der Waals surface area contributed by atoms with E-state index in [0.29, 0.717) is 6.54 Å². The highest BCUT2D eigenvalue weighted by atomic mass is 127. The number of nitrogens with zero attached hydrogens (tertiary/aromatic N) is 3. The monoisotopic (exact) mass is 395 g/mol. The summed E-state index contributed by atoms with van der Waals surface area (Å²) in [6.07, 6.45) is 5.50. The molecule has 0 amide bonds. The van der Waals surface area contributed by atoms with Gasteiger partial charge in [-0.05, 0) is 59.5 Å². The summed E-state index contributed by atoms with van der Waals surface area (Å²) < 4.78 is 2.72. The Labute approximate surface area is 137 Å². The summed E-state index contributed by atoms with van der Waals surface area (Å²) in [6, 6.07) is 9.87. The quantitative estimate of drug-likeness (QED) is 0.751. The number of halogens is 1. The van der Waals surface area contributed by atoms with Crippen molar-refractivity contribution < 1.29 is 0 Å². The Kier molecular flexibility index (Phi) is 4.57.